The van der Waals surface area contributed by atoms with E-state index in [1.807, 2.05) is 0 Å². The second kappa shape index (κ2) is 14.1. The Morgan fingerprint density at radius 1 is 1.17 bits per heavy atom. The number of nitrogens with one attached hydrogen (secondary N) is 1. The summed E-state index contributed by atoms with van der Waals surface area (Å²) in [5.74, 6) is -0.0231. The molecule has 1 unspecified atom stereocenters. The summed E-state index contributed by atoms with van der Waals surface area (Å²) in [5, 5.41) is 3.02. The van der Waals surface area contributed by atoms with Gasteiger partial charge in [-0.2, -0.15) is 13.5 Å². The third-order valence-corrected chi connectivity index (χ3v) is 6.00. The van der Waals surface area contributed by atoms with Crippen LogP contribution in [0.2, 0.25) is 0 Å². The molecule has 29 heavy (non-hydrogen) atoms. The maximum Gasteiger partial charge on any atom is 0.329 e. The van der Waals surface area contributed by atoms with E-state index in [0.29, 0.717) is 19.7 Å². The Hall–Kier alpha value is -0.990. The van der Waals surface area contributed by atoms with Gasteiger partial charge in [0.05, 0.1) is 6.61 Å². The summed E-state index contributed by atoms with van der Waals surface area (Å²) < 4.78 is 9.71. The number of amides is 3. The number of hydrogen-bond acceptors (Lipinski definition) is 6. The maximum atomic E-state index is 12.3. The molecule has 0 spiro atoms. The Bertz CT molecular complexity index is 557. The number of unbranched alkanes of at least 4 members (excludes halogenated alkanes) is 3. The molecule has 8 nitrogen and oxygen atoms in total. The van der Waals surface area contributed by atoms with Gasteiger partial charge >= 0.3 is 8.60 Å². The zero-order valence-electron chi connectivity index (χ0n) is 17.0. The average molecular weight is 451 g/mol. The Balaban J connectivity index is 0.00000420. The summed E-state index contributed by atoms with van der Waals surface area (Å²) in [6, 6.07) is 0. The molecule has 2 rings (SSSR count). The van der Waals surface area contributed by atoms with Crippen LogP contribution in [-0.4, -0.2) is 54.3 Å². The molecule has 1 aliphatic heterocycles. The lowest BCUT2D eigenvalue weighted by atomic mass is 9.81. The fraction of sp³-hybridized carbons (Fsp3) is 0.737. The van der Waals surface area contributed by atoms with Crippen LogP contribution in [-0.2, 0) is 23.4 Å². The minimum absolute atomic E-state index is 0. The van der Waals surface area contributed by atoms with Gasteiger partial charge in [0.1, 0.15) is 0 Å². The molecular formula is C19H35N2O6PS. The lowest BCUT2D eigenvalue weighted by Gasteiger charge is -2.30. The normalized spacial score (nSPS) is 22.5. The molecule has 0 aromatic rings. The molecule has 1 aliphatic carbocycles. The predicted molar refractivity (Wildman–Crippen MR) is 117 cm³/mol. The molecule has 0 bridgehead atoms. The predicted octanol–water partition coefficient (Wildman–Crippen LogP) is 2.64. The molecule has 10 heteroatoms. The summed E-state index contributed by atoms with van der Waals surface area (Å²) in [5.41, 5.74) is 0. The minimum Gasteiger partial charge on any atom is -0.356 e. The lowest BCUT2D eigenvalue weighted by molar-refractivity contribution is -0.138. The Morgan fingerprint density at radius 3 is 2.41 bits per heavy atom. The van der Waals surface area contributed by atoms with Gasteiger partial charge in [-0.1, -0.05) is 12.8 Å². The zero-order chi connectivity index (χ0) is 20.4. The molecule has 0 saturated heterocycles. The van der Waals surface area contributed by atoms with E-state index < -0.39 is 8.60 Å². The van der Waals surface area contributed by atoms with Gasteiger partial charge in [0.15, 0.2) is 0 Å². The third kappa shape index (κ3) is 9.13. The van der Waals surface area contributed by atoms with Crippen molar-refractivity contribution in [2.75, 3.05) is 26.8 Å². The fourth-order valence-corrected chi connectivity index (χ4v) is 4.00. The monoisotopic (exact) mass is 450 g/mol. The highest BCUT2D eigenvalue weighted by molar-refractivity contribution is 7.59. The molecule has 1 heterocycles. The Kier molecular flexibility index (Phi) is 12.7. The molecule has 0 aromatic carbocycles. The highest BCUT2D eigenvalue weighted by atomic mass is 32.1. The summed E-state index contributed by atoms with van der Waals surface area (Å²) in [6.07, 6.45) is 9.74. The van der Waals surface area contributed by atoms with E-state index in [1.54, 1.807) is 0 Å². The van der Waals surface area contributed by atoms with Crippen LogP contribution in [0.15, 0.2) is 12.2 Å². The van der Waals surface area contributed by atoms with E-state index in [2.05, 4.69) is 9.84 Å². The SMILES string of the molecule is COP(O)OCCCCCCNC(=O)C1CCC(CN2C(=O)C=CC2=O)CC1.S.[HH]. The van der Waals surface area contributed by atoms with E-state index in [-0.39, 0.29) is 44.5 Å². The number of carbonyl (C=O) groups is 3. The van der Waals surface area contributed by atoms with E-state index in [9.17, 15) is 14.4 Å². The van der Waals surface area contributed by atoms with E-state index in [4.69, 9.17) is 9.42 Å². The second-order valence-corrected chi connectivity index (χ2v) is 8.40. The lowest BCUT2D eigenvalue weighted by Crippen LogP contribution is -2.38. The molecule has 1 fully saturated rings. The smallest absolute Gasteiger partial charge is 0.329 e. The van der Waals surface area contributed by atoms with Crippen molar-refractivity contribution < 1.29 is 29.8 Å². The molecule has 0 aromatic heterocycles. The summed E-state index contributed by atoms with van der Waals surface area (Å²) in [4.78, 5) is 46.0. The standard InChI is InChI=1S/C19H31N2O6P.H2S.H2/c1-26-28(25)27-13-5-3-2-4-12-20-19(24)16-8-6-15(7-9-16)14-21-17(22)10-11-18(21)23;;/h10-11,15-16,25H,2-9,12-14H2,1H3,(H,20,24);1H2;1H. The van der Waals surface area contributed by atoms with Crippen LogP contribution < -0.4 is 5.32 Å². The van der Waals surface area contributed by atoms with Gasteiger partial charge in [0, 0.05) is 39.7 Å². The van der Waals surface area contributed by atoms with Crippen molar-refractivity contribution in [1.82, 2.24) is 10.2 Å². The van der Waals surface area contributed by atoms with E-state index in [0.717, 1.165) is 51.4 Å². The van der Waals surface area contributed by atoms with Crippen LogP contribution in [0.5, 0.6) is 0 Å². The van der Waals surface area contributed by atoms with Crippen LogP contribution >= 0.6 is 22.1 Å². The number of carbonyl (C=O) groups excluding carboxylic acids is 3. The first-order chi connectivity index (χ1) is 13.5. The van der Waals surface area contributed by atoms with Gasteiger partial charge in [-0.15, -0.1) is 0 Å². The van der Waals surface area contributed by atoms with Gasteiger partial charge in [-0.05, 0) is 44.4 Å². The van der Waals surface area contributed by atoms with Crippen molar-refractivity contribution in [3.8, 4) is 0 Å². The topological polar surface area (TPSA) is 105 Å². The molecular weight excluding hydrogens is 415 g/mol. The van der Waals surface area contributed by atoms with E-state index in [1.165, 1.54) is 24.2 Å². The Morgan fingerprint density at radius 2 is 1.79 bits per heavy atom. The van der Waals surface area contributed by atoms with E-state index >= 15 is 0 Å². The summed E-state index contributed by atoms with van der Waals surface area (Å²) in [6.45, 7) is 1.62. The van der Waals surface area contributed by atoms with Crippen LogP contribution in [0.4, 0.5) is 0 Å². The quantitative estimate of drug-likeness (QED) is 0.269. The van der Waals surface area contributed by atoms with Gasteiger partial charge < -0.3 is 19.3 Å². The fourth-order valence-electron chi connectivity index (χ4n) is 3.61. The highest BCUT2D eigenvalue weighted by Gasteiger charge is 2.31. The molecule has 3 amide bonds. The maximum absolute atomic E-state index is 12.3. The van der Waals surface area contributed by atoms with Crippen molar-refractivity contribution >= 4 is 39.8 Å². The first-order valence-electron chi connectivity index (χ1n) is 9.98. The Labute approximate surface area is 182 Å². The second-order valence-electron chi connectivity index (χ2n) is 7.30. The third-order valence-electron chi connectivity index (χ3n) is 5.29. The average Bonchev–Trinajstić information content (AvgIpc) is 3.02. The molecule has 2 N–H and O–H groups in total. The summed E-state index contributed by atoms with van der Waals surface area (Å²) >= 11 is 0. The van der Waals surface area contributed by atoms with Crippen molar-refractivity contribution in [1.29, 1.82) is 0 Å². The van der Waals surface area contributed by atoms with Crippen molar-refractivity contribution in [3.63, 3.8) is 0 Å². The largest absolute Gasteiger partial charge is 0.356 e. The van der Waals surface area contributed by atoms with Crippen LogP contribution in [0.25, 0.3) is 0 Å². The molecule has 1 atom stereocenters. The zero-order valence-corrected chi connectivity index (χ0v) is 18.9. The molecule has 0 radical (unpaired) electrons. The van der Waals surface area contributed by atoms with Crippen molar-refractivity contribution in [2.45, 2.75) is 51.4 Å². The first-order valence-corrected chi connectivity index (χ1v) is 11.1. The van der Waals surface area contributed by atoms with Gasteiger partial charge in [-0.3, -0.25) is 19.3 Å². The first kappa shape index (κ1) is 26.0. The number of nitrogens with zero attached hydrogens (tertiary/aromatic N) is 1. The number of imide groups is 1. The van der Waals surface area contributed by atoms with Crippen molar-refractivity contribution in [2.24, 2.45) is 11.8 Å². The molecule has 168 valence electrons. The highest BCUT2D eigenvalue weighted by Crippen LogP contribution is 2.31. The van der Waals surface area contributed by atoms with Crippen LogP contribution in [0.1, 0.15) is 52.8 Å². The van der Waals surface area contributed by atoms with Gasteiger partial charge in [0.25, 0.3) is 11.8 Å². The molecule has 2 aliphatic rings. The minimum atomic E-state index is -1.73. The van der Waals surface area contributed by atoms with Gasteiger partial charge in [-0.25, -0.2) is 0 Å². The molecule has 1 saturated carbocycles. The van der Waals surface area contributed by atoms with Crippen LogP contribution in [0.3, 0.4) is 0 Å². The van der Waals surface area contributed by atoms with Crippen molar-refractivity contribution in [3.05, 3.63) is 12.2 Å². The van der Waals surface area contributed by atoms with Gasteiger partial charge in [0.2, 0.25) is 5.91 Å². The summed E-state index contributed by atoms with van der Waals surface area (Å²) in [7, 11) is -0.320. The number of rotatable bonds is 12. The number of hydrogen-bond donors (Lipinski definition) is 2. The van der Waals surface area contributed by atoms with Crippen LogP contribution in [0, 0.1) is 11.8 Å².